The summed E-state index contributed by atoms with van der Waals surface area (Å²) in [5, 5.41) is 8.73. The van der Waals surface area contributed by atoms with E-state index in [9.17, 15) is 9.59 Å². The monoisotopic (exact) mass is 243 g/mol. The second-order valence-corrected chi connectivity index (χ2v) is 4.52. The molecule has 0 aliphatic heterocycles. The molecule has 88 valence electrons. The topological polar surface area (TPSA) is 89.6 Å². The highest BCUT2D eigenvalue weighted by Crippen LogP contribution is 2.24. The zero-order valence-electron chi connectivity index (χ0n) is 9.02. The number of aliphatic carboxylic acids is 1. The zero-order chi connectivity index (χ0) is 12.3. The Morgan fingerprint density at radius 3 is 2.62 bits per heavy atom. The quantitative estimate of drug-likeness (QED) is 0.785. The Labute approximate surface area is 96.8 Å². The van der Waals surface area contributed by atoms with Gasteiger partial charge in [-0.1, -0.05) is 6.92 Å². The second kappa shape index (κ2) is 4.98. The summed E-state index contributed by atoms with van der Waals surface area (Å²) < 4.78 is 4.83. The van der Waals surface area contributed by atoms with Crippen molar-refractivity contribution in [1.29, 1.82) is 0 Å². The van der Waals surface area contributed by atoms with E-state index in [0.29, 0.717) is 10.6 Å². The second-order valence-electron chi connectivity index (χ2n) is 3.26. The molecule has 6 heteroatoms. The first-order valence-electron chi connectivity index (χ1n) is 4.75. The van der Waals surface area contributed by atoms with Gasteiger partial charge in [0.2, 0.25) is 0 Å². The maximum absolute atomic E-state index is 11.6. The molecule has 0 fully saturated rings. The Balaban J connectivity index is 2.75. The van der Waals surface area contributed by atoms with Gasteiger partial charge in [0.1, 0.15) is 4.88 Å². The van der Waals surface area contributed by atoms with E-state index in [1.807, 2.05) is 0 Å². The summed E-state index contributed by atoms with van der Waals surface area (Å²) >= 11 is 1.19. The van der Waals surface area contributed by atoms with Crippen LogP contribution in [0.1, 0.15) is 27.9 Å². The lowest BCUT2D eigenvalue weighted by molar-refractivity contribution is -0.147. The number of nitrogens with two attached hydrogens (primary N) is 1. The molecule has 0 aromatic carbocycles. The molecule has 1 rings (SSSR count). The van der Waals surface area contributed by atoms with Crippen LogP contribution in [0.2, 0.25) is 0 Å². The molecular weight excluding hydrogens is 230 g/mol. The summed E-state index contributed by atoms with van der Waals surface area (Å²) in [5.41, 5.74) is 6.10. The van der Waals surface area contributed by atoms with Crippen molar-refractivity contribution in [2.45, 2.75) is 26.4 Å². The number of ether oxygens (including phenoxy) is 1. The van der Waals surface area contributed by atoms with E-state index < -0.39 is 18.0 Å². The Morgan fingerprint density at radius 1 is 1.62 bits per heavy atom. The SMILES string of the molecule is CCC(OC(=O)c1cc(N)c(C)s1)C(=O)O. The molecule has 0 aliphatic rings. The fraction of sp³-hybridized carbons (Fsp3) is 0.400. The third kappa shape index (κ3) is 2.73. The van der Waals surface area contributed by atoms with Crippen LogP contribution in [-0.4, -0.2) is 23.1 Å². The Morgan fingerprint density at radius 2 is 2.25 bits per heavy atom. The van der Waals surface area contributed by atoms with Gasteiger partial charge in [-0.3, -0.25) is 0 Å². The van der Waals surface area contributed by atoms with Gasteiger partial charge in [-0.15, -0.1) is 11.3 Å². The lowest BCUT2D eigenvalue weighted by Gasteiger charge is -2.10. The fourth-order valence-corrected chi connectivity index (χ4v) is 1.92. The molecule has 0 radical (unpaired) electrons. The first-order valence-corrected chi connectivity index (χ1v) is 5.57. The molecule has 0 saturated carbocycles. The highest BCUT2D eigenvalue weighted by atomic mass is 32.1. The average Bonchev–Trinajstić information content (AvgIpc) is 2.55. The number of carboxylic acids is 1. The number of hydrogen-bond acceptors (Lipinski definition) is 5. The summed E-state index contributed by atoms with van der Waals surface area (Å²) in [6.45, 7) is 3.42. The molecule has 0 bridgehead atoms. The minimum Gasteiger partial charge on any atom is -0.479 e. The Hall–Kier alpha value is -1.56. The van der Waals surface area contributed by atoms with Crippen LogP contribution in [0.25, 0.3) is 0 Å². The normalized spacial score (nSPS) is 12.1. The molecule has 0 amide bonds. The van der Waals surface area contributed by atoms with Crippen molar-refractivity contribution in [1.82, 2.24) is 0 Å². The standard InChI is InChI=1S/C10H13NO4S/c1-3-7(9(12)13)15-10(14)8-4-6(11)5(2)16-8/h4,7H,3,11H2,1-2H3,(H,12,13). The summed E-state index contributed by atoms with van der Waals surface area (Å²) in [6, 6.07) is 1.50. The first kappa shape index (κ1) is 12.5. The van der Waals surface area contributed by atoms with E-state index in [0.717, 1.165) is 4.88 Å². The van der Waals surface area contributed by atoms with Crippen LogP contribution in [-0.2, 0) is 9.53 Å². The van der Waals surface area contributed by atoms with Crippen molar-refractivity contribution in [3.05, 3.63) is 15.8 Å². The van der Waals surface area contributed by atoms with Crippen molar-refractivity contribution < 1.29 is 19.4 Å². The Kier molecular flexibility index (Phi) is 3.89. The van der Waals surface area contributed by atoms with E-state index in [2.05, 4.69) is 0 Å². The maximum atomic E-state index is 11.6. The van der Waals surface area contributed by atoms with Crippen LogP contribution in [0.4, 0.5) is 5.69 Å². The van der Waals surface area contributed by atoms with Gasteiger partial charge in [0.05, 0.1) is 0 Å². The fourth-order valence-electron chi connectivity index (χ4n) is 1.09. The minimum atomic E-state index is -1.14. The molecule has 0 aliphatic carbocycles. The van der Waals surface area contributed by atoms with Crippen molar-refractivity contribution in [2.24, 2.45) is 0 Å². The number of hydrogen-bond donors (Lipinski definition) is 2. The third-order valence-electron chi connectivity index (χ3n) is 2.05. The zero-order valence-corrected chi connectivity index (χ0v) is 9.84. The molecule has 1 unspecified atom stereocenters. The van der Waals surface area contributed by atoms with Gasteiger partial charge < -0.3 is 15.6 Å². The lowest BCUT2D eigenvalue weighted by atomic mass is 10.3. The summed E-state index contributed by atoms with van der Waals surface area (Å²) in [5.74, 6) is -1.78. The highest BCUT2D eigenvalue weighted by Gasteiger charge is 2.22. The van der Waals surface area contributed by atoms with E-state index in [-0.39, 0.29) is 6.42 Å². The maximum Gasteiger partial charge on any atom is 0.349 e. The predicted octanol–water partition coefficient (Wildman–Crippen LogP) is 1.66. The summed E-state index contributed by atoms with van der Waals surface area (Å²) in [7, 11) is 0. The van der Waals surface area contributed by atoms with Gasteiger partial charge in [-0.2, -0.15) is 0 Å². The van der Waals surface area contributed by atoms with Gasteiger partial charge in [0.15, 0.2) is 6.10 Å². The Bertz CT molecular complexity index is 393. The smallest absolute Gasteiger partial charge is 0.349 e. The lowest BCUT2D eigenvalue weighted by Crippen LogP contribution is -2.25. The van der Waals surface area contributed by atoms with Gasteiger partial charge >= 0.3 is 11.9 Å². The molecule has 1 atom stereocenters. The van der Waals surface area contributed by atoms with Gasteiger partial charge in [-0.25, -0.2) is 9.59 Å². The van der Waals surface area contributed by atoms with E-state index in [1.165, 1.54) is 17.4 Å². The van der Waals surface area contributed by atoms with Crippen LogP contribution in [0, 0.1) is 6.92 Å². The molecule has 0 saturated heterocycles. The minimum absolute atomic E-state index is 0.237. The molecular formula is C10H13NO4S. The largest absolute Gasteiger partial charge is 0.479 e. The van der Waals surface area contributed by atoms with Crippen LogP contribution in [0.15, 0.2) is 6.07 Å². The van der Waals surface area contributed by atoms with Crippen LogP contribution in [0.5, 0.6) is 0 Å². The van der Waals surface area contributed by atoms with Gasteiger partial charge in [0.25, 0.3) is 0 Å². The number of anilines is 1. The number of rotatable bonds is 4. The molecule has 1 aromatic heterocycles. The van der Waals surface area contributed by atoms with E-state index >= 15 is 0 Å². The number of nitrogen functional groups attached to an aromatic ring is 1. The van der Waals surface area contributed by atoms with Crippen LogP contribution >= 0.6 is 11.3 Å². The van der Waals surface area contributed by atoms with E-state index in [4.69, 9.17) is 15.6 Å². The predicted molar refractivity (Wildman–Crippen MR) is 60.6 cm³/mol. The van der Waals surface area contributed by atoms with Crippen molar-refractivity contribution >= 4 is 29.0 Å². The van der Waals surface area contributed by atoms with E-state index in [1.54, 1.807) is 13.8 Å². The summed E-state index contributed by atoms with van der Waals surface area (Å²) in [6.07, 6.45) is -0.864. The molecule has 5 nitrogen and oxygen atoms in total. The van der Waals surface area contributed by atoms with Crippen LogP contribution in [0.3, 0.4) is 0 Å². The van der Waals surface area contributed by atoms with Crippen molar-refractivity contribution in [3.8, 4) is 0 Å². The highest BCUT2D eigenvalue weighted by molar-refractivity contribution is 7.14. The van der Waals surface area contributed by atoms with Crippen LogP contribution < -0.4 is 5.73 Å². The number of carboxylic acid groups (broad SMARTS) is 1. The number of esters is 1. The summed E-state index contributed by atoms with van der Waals surface area (Å²) in [4.78, 5) is 23.4. The molecule has 0 spiro atoms. The average molecular weight is 243 g/mol. The molecule has 3 N–H and O–H groups in total. The molecule has 16 heavy (non-hydrogen) atoms. The third-order valence-corrected chi connectivity index (χ3v) is 3.10. The van der Waals surface area contributed by atoms with Crippen molar-refractivity contribution in [3.63, 3.8) is 0 Å². The number of aryl methyl sites for hydroxylation is 1. The van der Waals surface area contributed by atoms with Gasteiger partial charge in [0, 0.05) is 10.6 Å². The van der Waals surface area contributed by atoms with Gasteiger partial charge in [-0.05, 0) is 19.4 Å². The molecule has 1 aromatic rings. The number of carbonyl (C=O) groups is 2. The number of carbonyl (C=O) groups excluding carboxylic acids is 1. The van der Waals surface area contributed by atoms with Crippen molar-refractivity contribution in [2.75, 3.05) is 5.73 Å². The first-order chi connectivity index (χ1) is 7.45. The molecule has 1 heterocycles. The number of thiophene rings is 1.